The van der Waals surface area contributed by atoms with Crippen LogP contribution < -0.4 is 11.1 Å². The molecule has 0 amide bonds. The van der Waals surface area contributed by atoms with E-state index >= 15 is 0 Å². The molecule has 3 N–H and O–H groups in total. The van der Waals surface area contributed by atoms with Crippen molar-refractivity contribution in [1.82, 2.24) is 4.37 Å². The lowest BCUT2D eigenvalue weighted by atomic mass is 10.2. The van der Waals surface area contributed by atoms with Gasteiger partial charge in [0, 0.05) is 25.3 Å². The minimum Gasteiger partial charge on any atom is -0.385 e. The van der Waals surface area contributed by atoms with Crippen LogP contribution in [-0.2, 0) is 4.74 Å². The summed E-state index contributed by atoms with van der Waals surface area (Å²) in [6.45, 7) is 2.94. The van der Waals surface area contributed by atoms with Crippen LogP contribution in [-0.4, -0.2) is 24.1 Å². The molecule has 5 heteroatoms. The van der Waals surface area contributed by atoms with E-state index in [-0.39, 0.29) is 0 Å². The number of aromatic nitrogens is 1. The van der Waals surface area contributed by atoms with Crippen molar-refractivity contribution in [2.75, 3.05) is 24.8 Å². The van der Waals surface area contributed by atoms with E-state index in [9.17, 15) is 0 Å². The van der Waals surface area contributed by atoms with Crippen molar-refractivity contribution in [2.24, 2.45) is 0 Å². The zero-order chi connectivity index (χ0) is 11.5. The molecule has 1 saturated carbocycles. The average molecular weight is 241 g/mol. The van der Waals surface area contributed by atoms with Crippen LogP contribution in [0, 0.1) is 0 Å². The van der Waals surface area contributed by atoms with Gasteiger partial charge in [-0.05, 0) is 43.6 Å². The molecule has 0 radical (unpaired) electrons. The second kappa shape index (κ2) is 5.01. The molecule has 2 rings (SSSR count). The Morgan fingerprint density at radius 2 is 2.38 bits per heavy atom. The highest BCUT2D eigenvalue weighted by molar-refractivity contribution is 7.10. The summed E-state index contributed by atoms with van der Waals surface area (Å²) in [7, 11) is 1.73. The zero-order valence-electron chi connectivity index (χ0n) is 9.82. The van der Waals surface area contributed by atoms with Gasteiger partial charge in [0.2, 0.25) is 0 Å². The summed E-state index contributed by atoms with van der Waals surface area (Å²) >= 11 is 1.48. The lowest BCUT2D eigenvalue weighted by molar-refractivity contribution is 0.191. The number of rotatable bonds is 6. The highest BCUT2D eigenvalue weighted by Gasteiger charge is 2.30. The lowest BCUT2D eigenvalue weighted by Crippen LogP contribution is -2.17. The first-order valence-corrected chi connectivity index (χ1v) is 6.50. The molecule has 1 aliphatic rings. The Bertz CT molecular complexity index is 349. The molecule has 0 aliphatic heterocycles. The fraction of sp³-hybridized carbons (Fsp3) is 0.727. The number of nitrogens with zero attached hydrogens (tertiary/aromatic N) is 1. The molecule has 1 aromatic rings. The number of methoxy groups -OCH3 is 1. The third-order valence-electron chi connectivity index (χ3n) is 2.87. The molecule has 1 aliphatic carbocycles. The van der Waals surface area contributed by atoms with Crippen molar-refractivity contribution in [2.45, 2.75) is 38.1 Å². The quantitative estimate of drug-likeness (QED) is 0.803. The van der Waals surface area contributed by atoms with E-state index in [2.05, 4.69) is 16.6 Å². The molecule has 1 atom stereocenters. The summed E-state index contributed by atoms with van der Waals surface area (Å²) in [6, 6.07) is 0.400. The molecular formula is C11H19N3OS. The first-order chi connectivity index (χ1) is 7.72. The maximum atomic E-state index is 5.89. The van der Waals surface area contributed by atoms with E-state index in [0.717, 1.165) is 18.0 Å². The number of nitrogen functional groups attached to an aromatic ring is 1. The smallest absolute Gasteiger partial charge is 0.142 e. The first-order valence-electron chi connectivity index (χ1n) is 5.73. The van der Waals surface area contributed by atoms with Gasteiger partial charge in [-0.1, -0.05) is 0 Å². The number of nitrogens with one attached hydrogen (secondary N) is 1. The third-order valence-corrected chi connectivity index (χ3v) is 3.68. The maximum absolute atomic E-state index is 5.89. The van der Waals surface area contributed by atoms with Gasteiger partial charge in [-0.15, -0.1) is 0 Å². The fourth-order valence-corrected chi connectivity index (χ4v) is 2.68. The zero-order valence-corrected chi connectivity index (χ0v) is 10.6. The standard InChI is InChI=1S/C11H19N3OS/c1-7(5-6-15-2)13-11-9(8-3-4-8)10(12)14-16-11/h7-8,13H,3-6H2,1-2H3,(H2,12,14). The number of nitrogens with two attached hydrogens (primary N) is 1. The van der Waals surface area contributed by atoms with Gasteiger partial charge >= 0.3 is 0 Å². The van der Waals surface area contributed by atoms with Crippen molar-refractivity contribution in [3.05, 3.63) is 5.56 Å². The Balaban J connectivity index is 1.98. The minimum atomic E-state index is 0.400. The van der Waals surface area contributed by atoms with Crippen molar-refractivity contribution >= 4 is 22.4 Å². The number of ether oxygens (including phenoxy) is 1. The van der Waals surface area contributed by atoms with Crippen LogP contribution in [0.1, 0.15) is 37.7 Å². The Kier molecular flexibility index (Phi) is 3.66. The Morgan fingerprint density at radius 3 is 3.00 bits per heavy atom. The monoisotopic (exact) mass is 241 g/mol. The van der Waals surface area contributed by atoms with Gasteiger partial charge in [-0.2, -0.15) is 4.37 Å². The average Bonchev–Trinajstić information content (AvgIpc) is 3.02. The lowest BCUT2D eigenvalue weighted by Gasteiger charge is -2.14. The Labute approximate surface area is 100 Å². The second-order valence-electron chi connectivity index (χ2n) is 4.41. The molecule has 90 valence electrons. The van der Waals surface area contributed by atoms with E-state index in [4.69, 9.17) is 10.5 Å². The molecule has 0 bridgehead atoms. The van der Waals surface area contributed by atoms with E-state index in [1.54, 1.807) is 7.11 Å². The topological polar surface area (TPSA) is 60.2 Å². The van der Waals surface area contributed by atoms with Gasteiger partial charge in [0.1, 0.15) is 10.8 Å². The van der Waals surface area contributed by atoms with Gasteiger partial charge in [-0.25, -0.2) is 0 Å². The molecule has 4 nitrogen and oxygen atoms in total. The van der Waals surface area contributed by atoms with Gasteiger partial charge < -0.3 is 15.8 Å². The summed E-state index contributed by atoms with van der Waals surface area (Å²) < 4.78 is 9.31. The van der Waals surface area contributed by atoms with Crippen LogP contribution in [0.5, 0.6) is 0 Å². The van der Waals surface area contributed by atoms with Gasteiger partial charge in [0.05, 0.1) is 0 Å². The van der Waals surface area contributed by atoms with E-state index in [1.165, 1.54) is 29.9 Å². The van der Waals surface area contributed by atoms with Gasteiger partial charge in [-0.3, -0.25) is 0 Å². The molecule has 1 fully saturated rings. The Hall–Kier alpha value is -0.810. The summed E-state index contributed by atoms with van der Waals surface area (Å²) in [5.41, 5.74) is 7.14. The van der Waals surface area contributed by atoms with E-state index in [0.29, 0.717) is 17.8 Å². The summed E-state index contributed by atoms with van der Waals surface area (Å²) in [6.07, 6.45) is 3.51. The minimum absolute atomic E-state index is 0.400. The highest BCUT2D eigenvalue weighted by Crippen LogP contribution is 2.47. The van der Waals surface area contributed by atoms with Crippen molar-refractivity contribution < 1.29 is 4.74 Å². The third kappa shape index (κ3) is 2.65. The van der Waals surface area contributed by atoms with Gasteiger partial charge in [0.25, 0.3) is 0 Å². The highest BCUT2D eigenvalue weighted by atomic mass is 32.1. The Morgan fingerprint density at radius 1 is 1.62 bits per heavy atom. The van der Waals surface area contributed by atoms with Crippen molar-refractivity contribution in [1.29, 1.82) is 0 Å². The van der Waals surface area contributed by atoms with Crippen LogP contribution in [0.3, 0.4) is 0 Å². The summed E-state index contributed by atoms with van der Waals surface area (Å²) in [4.78, 5) is 0. The number of hydrogen-bond donors (Lipinski definition) is 2. The maximum Gasteiger partial charge on any atom is 0.142 e. The summed E-state index contributed by atoms with van der Waals surface area (Å²) in [5.74, 6) is 1.37. The second-order valence-corrected chi connectivity index (χ2v) is 5.19. The van der Waals surface area contributed by atoms with E-state index < -0.39 is 0 Å². The largest absolute Gasteiger partial charge is 0.385 e. The van der Waals surface area contributed by atoms with Crippen molar-refractivity contribution in [3.63, 3.8) is 0 Å². The number of hydrogen-bond acceptors (Lipinski definition) is 5. The fourth-order valence-electron chi connectivity index (χ4n) is 1.77. The van der Waals surface area contributed by atoms with Crippen LogP contribution >= 0.6 is 11.5 Å². The number of anilines is 2. The van der Waals surface area contributed by atoms with E-state index in [1.807, 2.05) is 0 Å². The summed E-state index contributed by atoms with van der Waals surface area (Å²) in [5, 5.41) is 4.64. The van der Waals surface area contributed by atoms with Gasteiger partial charge in [0.15, 0.2) is 0 Å². The molecule has 1 unspecified atom stereocenters. The molecule has 0 saturated heterocycles. The predicted octanol–water partition coefficient (Wildman–Crippen LogP) is 2.44. The van der Waals surface area contributed by atoms with Crippen LogP contribution in [0.25, 0.3) is 0 Å². The SMILES string of the molecule is COCCC(C)Nc1snc(N)c1C1CC1. The predicted molar refractivity (Wildman–Crippen MR) is 68.1 cm³/mol. The molecule has 16 heavy (non-hydrogen) atoms. The van der Waals surface area contributed by atoms with Crippen LogP contribution in [0.4, 0.5) is 10.8 Å². The molecule has 1 heterocycles. The molecular weight excluding hydrogens is 222 g/mol. The normalized spacial score (nSPS) is 17.4. The molecule has 0 aromatic carbocycles. The van der Waals surface area contributed by atoms with Crippen LogP contribution in [0.2, 0.25) is 0 Å². The molecule has 0 spiro atoms. The van der Waals surface area contributed by atoms with Crippen LogP contribution in [0.15, 0.2) is 0 Å². The molecule has 1 aromatic heterocycles. The van der Waals surface area contributed by atoms with Crippen molar-refractivity contribution in [3.8, 4) is 0 Å². The first kappa shape index (κ1) is 11.7.